The molecule has 0 aliphatic carbocycles. The molecule has 5 heteroatoms. The molecule has 0 radical (unpaired) electrons. The van der Waals surface area contributed by atoms with Gasteiger partial charge in [-0.2, -0.15) is 0 Å². The Bertz CT molecular complexity index is 576. The Balaban J connectivity index is 1.60. The molecule has 0 N–H and O–H groups in total. The van der Waals surface area contributed by atoms with Crippen molar-refractivity contribution in [3.8, 4) is 0 Å². The molecule has 1 aromatic heterocycles. The van der Waals surface area contributed by atoms with Crippen molar-refractivity contribution in [2.45, 2.75) is 52.0 Å². The van der Waals surface area contributed by atoms with Gasteiger partial charge in [0.05, 0.1) is 13.2 Å². The highest BCUT2D eigenvalue weighted by Gasteiger charge is 2.37. The molecular weight excluding hydrogens is 338 g/mol. The number of piperidine rings is 1. The average Bonchev–Trinajstić information content (AvgIpc) is 2.68. The van der Waals surface area contributed by atoms with Crippen LogP contribution >= 0.6 is 0 Å². The van der Waals surface area contributed by atoms with Gasteiger partial charge in [-0.15, -0.1) is 0 Å². The summed E-state index contributed by atoms with van der Waals surface area (Å²) in [6.07, 6.45) is 6.32. The summed E-state index contributed by atoms with van der Waals surface area (Å²) in [5.74, 6) is 0.412. The largest absolute Gasteiger partial charge is 0.379 e. The SMILES string of the molecule is CC(C)N1CCC(CC(=O)CCN2CCOCC2)(Cc2ccccn2)CC1. The number of nitrogens with zero attached hydrogens (tertiary/aromatic N) is 3. The summed E-state index contributed by atoms with van der Waals surface area (Å²) in [5, 5.41) is 0. The highest BCUT2D eigenvalue weighted by molar-refractivity contribution is 5.79. The van der Waals surface area contributed by atoms with Crippen LogP contribution in [0, 0.1) is 5.41 Å². The summed E-state index contributed by atoms with van der Waals surface area (Å²) in [4.78, 5) is 22.3. The van der Waals surface area contributed by atoms with Gasteiger partial charge in [0.25, 0.3) is 0 Å². The van der Waals surface area contributed by atoms with E-state index in [1.54, 1.807) is 0 Å². The van der Waals surface area contributed by atoms with E-state index in [0.29, 0.717) is 24.7 Å². The maximum absolute atomic E-state index is 12.9. The van der Waals surface area contributed by atoms with Crippen molar-refractivity contribution < 1.29 is 9.53 Å². The molecule has 0 aromatic carbocycles. The number of aromatic nitrogens is 1. The van der Waals surface area contributed by atoms with Crippen LogP contribution in [0.5, 0.6) is 0 Å². The molecule has 0 spiro atoms. The summed E-state index contributed by atoms with van der Waals surface area (Å²) in [7, 11) is 0. The highest BCUT2D eigenvalue weighted by atomic mass is 16.5. The van der Waals surface area contributed by atoms with E-state index in [-0.39, 0.29) is 5.41 Å². The number of rotatable bonds is 8. The van der Waals surface area contributed by atoms with E-state index in [2.05, 4.69) is 40.8 Å². The fourth-order valence-electron chi connectivity index (χ4n) is 4.43. The third-order valence-corrected chi connectivity index (χ3v) is 6.25. The second-order valence-corrected chi connectivity index (χ2v) is 8.55. The normalized spacial score (nSPS) is 21.4. The zero-order valence-corrected chi connectivity index (χ0v) is 17.0. The number of pyridine rings is 1. The number of Topliss-reactive ketones (excluding diaryl/α,β-unsaturated/α-hetero) is 1. The number of hydrogen-bond acceptors (Lipinski definition) is 5. The second-order valence-electron chi connectivity index (χ2n) is 8.55. The second kappa shape index (κ2) is 9.76. The topological polar surface area (TPSA) is 45.7 Å². The van der Waals surface area contributed by atoms with Crippen molar-refractivity contribution >= 4 is 5.78 Å². The monoisotopic (exact) mass is 373 g/mol. The number of likely N-dealkylation sites (tertiary alicyclic amines) is 1. The van der Waals surface area contributed by atoms with Gasteiger partial charge in [0, 0.05) is 50.4 Å². The predicted molar refractivity (Wildman–Crippen MR) is 108 cm³/mol. The fourth-order valence-corrected chi connectivity index (χ4v) is 4.43. The lowest BCUT2D eigenvalue weighted by molar-refractivity contribution is -0.122. The summed E-state index contributed by atoms with van der Waals surface area (Å²) in [5.41, 5.74) is 1.19. The van der Waals surface area contributed by atoms with E-state index in [1.807, 2.05) is 12.3 Å². The molecule has 0 unspecified atom stereocenters. The number of carbonyl (C=O) groups is 1. The van der Waals surface area contributed by atoms with E-state index < -0.39 is 0 Å². The van der Waals surface area contributed by atoms with Gasteiger partial charge >= 0.3 is 0 Å². The van der Waals surface area contributed by atoms with Crippen LogP contribution in [0.4, 0.5) is 0 Å². The van der Waals surface area contributed by atoms with E-state index >= 15 is 0 Å². The first-order valence-corrected chi connectivity index (χ1v) is 10.5. The van der Waals surface area contributed by atoms with Gasteiger partial charge in [-0.05, 0) is 63.7 Å². The molecular formula is C22H35N3O2. The fraction of sp³-hybridized carbons (Fsp3) is 0.727. The summed E-state index contributed by atoms with van der Waals surface area (Å²) >= 11 is 0. The van der Waals surface area contributed by atoms with Crippen LogP contribution in [0.2, 0.25) is 0 Å². The Labute approximate surface area is 164 Å². The Morgan fingerprint density at radius 2 is 1.93 bits per heavy atom. The zero-order valence-electron chi connectivity index (χ0n) is 17.0. The molecule has 5 nitrogen and oxygen atoms in total. The van der Waals surface area contributed by atoms with E-state index in [9.17, 15) is 4.79 Å². The van der Waals surface area contributed by atoms with Gasteiger partial charge in [-0.1, -0.05) is 6.07 Å². The average molecular weight is 374 g/mol. The molecule has 2 fully saturated rings. The predicted octanol–water partition coefficient (Wildman–Crippen LogP) is 2.80. The van der Waals surface area contributed by atoms with Crippen LogP contribution in [0.1, 0.15) is 45.2 Å². The number of hydrogen-bond donors (Lipinski definition) is 0. The lowest BCUT2D eigenvalue weighted by Crippen LogP contribution is -2.45. The molecule has 0 saturated carbocycles. The molecule has 0 amide bonds. The molecule has 2 aliphatic rings. The Hall–Kier alpha value is -1.30. The molecule has 3 rings (SSSR count). The van der Waals surface area contributed by atoms with Crippen molar-refractivity contribution in [1.82, 2.24) is 14.8 Å². The Morgan fingerprint density at radius 1 is 1.19 bits per heavy atom. The lowest BCUT2D eigenvalue weighted by atomic mass is 9.70. The number of ether oxygens (including phenoxy) is 1. The van der Waals surface area contributed by atoms with E-state index in [1.165, 1.54) is 0 Å². The first-order valence-electron chi connectivity index (χ1n) is 10.5. The molecule has 1 aromatic rings. The maximum atomic E-state index is 12.9. The van der Waals surface area contributed by atoms with Crippen molar-refractivity contribution in [2.75, 3.05) is 45.9 Å². The van der Waals surface area contributed by atoms with Crippen LogP contribution in [0.25, 0.3) is 0 Å². The van der Waals surface area contributed by atoms with Crippen molar-refractivity contribution in [2.24, 2.45) is 5.41 Å². The van der Waals surface area contributed by atoms with Gasteiger partial charge in [0.1, 0.15) is 5.78 Å². The first-order chi connectivity index (χ1) is 13.1. The Morgan fingerprint density at radius 3 is 2.56 bits per heavy atom. The van der Waals surface area contributed by atoms with Crippen molar-refractivity contribution in [1.29, 1.82) is 0 Å². The quantitative estimate of drug-likeness (QED) is 0.701. The van der Waals surface area contributed by atoms with Crippen LogP contribution in [0.3, 0.4) is 0 Å². The lowest BCUT2D eigenvalue weighted by Gasteiger charge is -2.43. The number of ketones is 1. The van der Waals surface area contributed by atoms with Gasteiger partial charge in [-0.25, -0.2) is 0 Å². The summed E-state index contributed by atoms with van der Waals surface area (Å²) in [6.45, 7) is 11.1. The van der Waals surface area contributed by atoms with Crippen LogP contribution in [0.15, 0.2) is 24.4 Å². The van der Waals surface area contributed by atoms with Crippen molar-refractivity contribution in [3.63, 3.8) is 0 Å². The summed E-state index contributed by atoms with van der Waals surface area (Å²) in [6, 6.07) is 6.70. The third-order valence-electron chi connectivity index (χ3n) is 6.25. The minimum Gasteiger partial charge on any atom is -0.379 e. The van der Waals surface area contributed by atoms with Gasteiger partial charge in [0.15, 0.2) is 0 Å². The highest BCUT2D eigenvalue weighted by Crippen LogP contribution is 2.39. The summed E-state index contributed by atoms with van der Waals surface area (Å²) < 4.78 is 5.40. The van der Waals surface area contributed by atoms with E-state index in [0.717, 1.165) is 70.9 Å². The molecule has 2 saturated heterocycles. The number of carbonyl (C=O) groups excluding carboxylic acids is 1. The zero-order chi connectivity index (χ0) is 19.1. The first kappa shape index (κ1) is 20.4. The molecule has 27 heavy (non-hydrogen) atoms. The molecule has 2 aliphatic heterocycles. The molecule has 0 atom stereocenters. The number of morpholine rings is 1. The molecule has 3 heterocycles. The van der Waals surface area contributed by atoms with Crippen molar-refractivity contribution in [3.05, 3.63) is 30.1 Å². The molecule has 150 valence electrons. The maximum Gasteiger partial charge on any atom is 0.134 e. The Kier molecular flexibility index (Phi) is 7.39. The van der Waals surface area contributed by atoms with Gasteiger partial charge in [0.2, 0.25) is 0 Å². The van der Waals surface area contributed by atoms with Gasteiger partial charge < -0.3 is 9.64 Å². The van der Waals surface area contributed by atoms with E-state index in [4.69, 9.17) is 4.74 Å². The van der Waals surface area contributed by atoms with Crippen LogP contribution < -0.4 is 0 Å². The van der Waals surface area contributed by atoms with Crippen LogP contribution in [-0.4, -0.2) is 72.5 Å². The standard InChI is InChI=1S/C22H35N3O2/c1-19(2)25-11-7-22(8-12-25,17-20-5-3-4-9-23-20)18-21(26)6-10-24-13-15-27-16-14-24/h3-5,9,19H,6-8,10-18H2,1-2H3. The smallest absolute Gasteiger partial charge is 0.134 e. The minimum absolute atomic E-state index is 0.0713. The minimum atomic E-state index is 0.0713. The molecule has 0 bridgehead atoms. The van der Waals surface area contributed by atoms with Crippen LogP contribution in [-0.2, 0) is 16.0 Å². The third kappa shape index (κ3) is 6.09. The van der Waals surface area contributed by atoms with Gasteiger partial charge in [-0.3, -0.25) is 14.7 Å².